The number of nitrogens with one attached hydrogen (secondary N) is 3. The summed E-state index contributed by atoms with van der Waals surface area (Å²) >= 11 is 0. The first-order chi connectivity index (χ1) is 16.2. The first-order valence-electron chi connectivity index (χ1n) is 13.6. The van der Waals surface area contributed by atoms with Crippen LogP contribution in [0.2, 0.25) is 0 Å². The van der Waals surface area contributed by atoms with Crippen LogP contribution in [0.4, 0.5) is 11.4 Å². The van der Waals surface area contributed by atoms with Crippen LogP contribution in [0, 0.1) is 0 Å². The van der Waals surface area contributed by atoms with Crippen LogP contribution < -0.4 is 16.0 Å². The molecule has 0 saturated heterocycles. The van der Waals surface area contributed by atoms with Crippen LogP contribution in [0.1, 0.15) is 117 Å². The number of hydrogen-bond donors (Lipinski definition) is 3. The minimum atomic E-state index is 0.00474. The number of unbranched alkanes of at least 4 members (excludes halogenated alkanes) is 13. The first kappa shape index (κ1) is 29.0. The van der Waals surface area contributed by atoms with E-state index in [9.17, 15) is 9.59 Å². The van der Waals surface area contributed by atoms with E-state index in [1.54, 1.807) is 0 Å². The molecule has 188 valence electrons. The lowest BCUT2D eigenvalue weighted by molar-refractivity contribution is -0.119. The molecule has 0 aliphatic carbocycles. The standard InChI is InChI=1S/C28H49N3O2/c1-3-5-6-7-8-9-10-11-12-13-14-15-16-17-22-29-28(33)24-30-25-20-18-21-26(23-25)31-27(32)19-4-2/h18,20-21,23,30H,3-17,19,22,24H2,1-2H3,(H,29,33)(H,31,32). The summed E-state index contributed by atoms with van der Waals surface area (Å²) in [4.78, 5) is 23.8. The maximum absolute atomic E-state index is 12.1. The van der Waals surface area contributed by atoms with Gasteiger partial charge in [0.25, 0.3) is 0 Å². The number of amides is 2. The molecular formula is C28H49N3O2. The van der Waals surface area contributed by atoms with Crippen LogP contribution in [-0.4, -0.2) is 24.9 Å². The zero-order valence-electron chi connectivity index (χ0n) is 21.4. The van der Waals surface area contributed by atoms with Gasteiger partial charge >= 0.3 is 0 Å². The second-order valence-electron chi connectivity index (χ2n) is 9.18. The Kier molecular flexibility index (Phi) is 18.1. The van der Waals surface area contributed by atoms with Crippen LogP contribution in [-0.2, 0) is 9.59 Å². The summed E-state index contributed by atoms with van der Waals surface area (Å²) in [5.74, 6) is 0.0191. The summed E-state index contributed by atoms with van der Waals surface area (Å²) in [5.41, 5.74) is 1.58. The van der Waals surface area contributed by atoms with E-state index in [1.165, 1.54) is 83.5 Å². The third-order valence-corrected chi connectivity index (χ3v) is 5.93. The van der Waals surface area contributed by atoms with Gasteiger partial charge in [-0.2, -0.15) is 0 Å². The van der Waals surface area contributed by atoms with Gasteiger partial charge in [-0.1, -0.05) is 103 Å². The van der Waals surface area contributed by atoms with E-state index in [0.29, 0.717) is 6.42 Å². The topological polar surface area (TPSA) is 70.2 Å². The molecule has 0 aliphatic rings. The zero-order chi connectivity index (χ0) is 24.0. The van der Waals surface area contributed by atoms with E-state index in [-0.39, 0.29) is 18.4 Å². The fraction of sp³-hybridized carbons (Fsp3) is 0.714. The van der Waals surface area contributed by atoms with Crippen molar-refractivity contribution in [2.75, 3.05) is 23.7 Å². The van der Waals surface area contributed by atoms with E-state index in [2.05, 4.69) is 22.9 Å². The molecule has 1 aromatic rings. The predicted octanol–water partition coefficient (Wildman–Crippen LogP) is 7.43. The van der Waals surface area contributed by atoms with Crippen molar-refractivity contribution in [3.63, 3.8) is 0 Å². The smallest absolute Gasteiger partial charge is 0.239 e. The van der Waals surface area contributed by atoms with Gasteiger partial charge in [0.15, 0.2) is 0 Å². The molecule has 0 fully saturated rings. The van der Waals surface area contributed by atoms with Gasteiger partial charge in [0.05, 0.1) is 6.54 Å². The molecule has 0 spiro atoms. The Morgan fingerprint density at radius 3 is 1.79 bits per heavy atom. The van der Waals surface area contributed by atoms with Gasteiger partial charge in [0.2, 0.25) is 11.8 Å². The summed E-state index contributed by atoms with van der Waals surface area (Å²) in [6.07, 6.45) is 20.1. The number of carbonyl (C=O) groups is 2. The van der Waals surface area contributed by atoms with E-state index in [1.807, 2.05) is 31.2 Å². The normalized spacial score (nSPS) is 10.7. The van der Waals surface area contributed by atoms with Gasteiger partial charge < -0.3 is 16.0 Å². The largest absolute Gasteiger partial charge is 0.376 e. The van der Waals surface area contributed by atoms with Crippen LogP contribution >= 0.6 is 0 Å². The van der Waals surface area contributed by atoms with Gasteiger partial charge in [0.1, 0.15) is 0 Å². The molecule has 0 radical (unpaired) electrons. The fourth-order valence-electron chi connectivity index (χ4n) is 3.95. The number of anilines is 2. The van der Waals surface area contributed by atoms with Crippen molar-refractivity contribution in [2.24, 2.45) is 0 Å². The van der Waals surface area contributed by atoms with E-state index >= 15 is 0 Å². The molecule has 1 aromatic carbocycles. The van der Waals surface area contributed by atoms with Crippen LogP contribution in [0.3, 0.4) is 0 Å². The second kappa shape index (κ2) is 20.6. The van der Waals surface area contributed by atoms with E-state index < -0.39 is 0 Å². The third-order valence-electron chi connectivity index (χ3n) is 5.93. The molecule has 0 saturated carbocycles. The Balaban J connectivity index is 1.95. The Morgan fingerprint density at radius 2 is 1.21 bits per heavy atom. The molecule has 0 aliphatic heterocycles. The highest BCUT2D eigenvalue weighted by atomic mass is 16.2. The van der Waals surface area contributed by atoms with Crippen molar-refractivity contribution in [3.05, 3.63) is 24.3 Å². The van der Waals surface area contributed by atoms with Crippen LogP contribution in [0.5, 0.6) is 0 Å². The molecule has 2 amide bonds. The minimum absolute atomic E-state index is 0.00474. The van der Waals surface area contributed by atoms with Crippen LogP contribution in [0.15, 0.2) is 24.3 Å². The minimum Gasteiger partial charge on any atom is -0.376 e. The molecule has 0 aromatic heterocycles. The molecule has 0 unspecified atom stereocenters. The molecule has 5 heteroatoms. The average molecular weight is 460 g/mol. The van der Waals surface area contributed by atoms with Crippen LogP contribution in [0.25, 0.3) is 0 Å². The van der Waals surface area contributed by atoms with Crippen molar-refractivity contribution in [3.8, 4) is 0 Å². The molecular weight excluding hydrogens is 410 g/mol. The molecule has 0 heterocycles. The number of benzene rings is 1. The molecule has 1 rings (SSSR count). The summed E-state index contributed by atoms with van der Waals surface area (Å²) in [5, 5.41) is 8.99. The summed E-state index contributed by atoms with van der Waals surface area (Å²) < 4.78 is 0. The van der Waals surface area contributed by atoms with Crippen molar-refractivity contribution in [1.29, 1.82) is 0 Å². The van der Waals surface area contributed by atoms with Gasteiger partial charge in [-0.05, 0) is 31.0 Å². The molecule has 5 nitrogen and oxygen atoms in total. The van der Waals surface area contributed by atoms with Gasteiger partial charge in [-0.25, -0.2) is 0 Å². The van der Waals surface area contributed by atoms with Gasteiger partial charge in [-0.15, -0.1) is 0 Å². The SMILES string of the molecule is CCCCCCCCCCCCCCCCNC(=O)CNc1cccc(NC(=O)CCC)c1. The predicted molar refractivity (Wildman–Crippen MR) is 142 cm³/mol. The quantitative estimate of drug-likeness (QED) is 0.167. The fourth-order valence-corrected chi connectivity index (χ4v) is 3.95. The second-order valence-corrected chi connectivity index (χ2v) is 9.18. The monoisotopic (exact) mass is 459 g/mol. The highest BCUT2D eigenvalue weighted by Crippen LogP contribution is 2.15. The van der Waals surface area contributed by atoms with Gasteiger partial charge in [0, 0.05) is 24.3 Å². The molecule has 33 heavy (non-hydrogen) atoms. The molecule has 3 N–H and O–H groups in total. The Morgan fingerprint density at radius 1 is 0.667 bits per heavy atom. The summed E-state index contributed by atoms with van der Waals surface area (Å²) in [6, 6.07) is 7.48. The lowest BCUT2D eigenvalue weighted by Gasteiger charge is -2.10. The number of rotatable bonds is 21. The van der Waals surface area contributed by atoms with E-state index in [0.717, 1.165) is 30.8 Å². The Hall–Kier alpha value is -2.04. The lowest BCUT2D eigenvalue weighted by atomic mass is 10.0. The van der Waals surface area contributed by atoms with E-state index in [4.69, 9.17) is 0 Å². The highest BCUT2D eigenvalue weighted by Gasteiger charge is 2.04. The van der Waals surface area contributed by atoms with Crippen molar-refractivity contribution < 1.29 is 9.59 Å². The lowest BCUT2D eigenvalue weighted by Crippen LogP contribution is -2.30. The number of hydrogen-bond acceptors (Lipinski definition) is 3. The van der Waals surface area contributed by atoms with Crippen molar-refractivity contribution in [2.45, 2.75) is 117 Å². The Labute approximate surface area is 202 Å². The summed E-state index contributed by atoms with van der Waals surface area (Å²) in [7, 11) is 0. The van der Waals surface area contributed by atoms with Gasteiger partial charge in [-0.3, -0.25) is 9.59 Å². The average Bonchev–Trinajstić information content (AvgIpc) is 2.80. The zero-order valence-corrected chi connectivity index (χ0v) is 21.4. The molecule has 0 atom stereocenters. The maximum Gasteiger partial charge on any atom is 0.239 e. The summed E-state index contributed by atoms with van der Waals surface area (Å²) in [6.45, 7) is 5.24. The first-order valence-corrected chi connectivity index (χ1v) is 13.6. The van der Waals surface area contributed by atoms with Crippen molar-refractivity contribution >= 4 is 23.2 Å². The number of carbonyl (C=O) groups excluding carboxylic acids is 2. The maximum atomic E-state index is 12.1. The third kappa shape index (κ3) is 17.1. The molecule has 0 bridgehead atoms. The van der Waals surface area contributed by atoms with Crippen molar-refractivity contribution in [1.82, 2.24) is 5.32 Å². The highest BCUT2D eigenvalue weighted by molar-refractivity contribution is 5.91. The Bertz CT molecular complexity index is 633.